The maximum atomic E-state index is 4.85. The zero-order valence-corrected chi connectivity index (χ0v) is 15.4. The Labute approximate surface area is 137 Å². The Balaban J connectivity index is 2.17. The lowest BCUT2D eigenvalue weighted by atomic mass is 10.1. The molecule has 2 heterocycles. The van der Waals surface area contributed by atoms with Crippen LogP contribution in [-0.2, 0) is 6.54 Å². The molecule has 21 heavy (non-hydrogen) atoms. The number of nitrogens with zero attached hydrogens (tertiary/aromatic N) is 2. The van der Waals surface area contributed by atoms with E-state index < -0.39 is 0 Å². The lowest BCUT2D eigenvalue weighted by molar-refractivity contribution is 0.420. The molecule has 0 spiro atoms. The lowest BCUT2D eigenvalue weighted by Gasteiger charge is -2.29. The van der Waals surface area contributed by atoms with E-state index in [4.69, 9.17) is 9.97 Å². The van der Waals surface area contributed by atoms with Gasteiger partial charge in [-0.15, -0.1) is 11.8 Å². The van der Waals surface area contributed by atoms with Crippen LogP contribution in [0.1, 0.15) is 56.6 Å². The molecule has 1 aliphatic rings. The van der Waals surface area contributed by atoms with Crippen molar-refractivity contribution in [3.8, 4) is 0 Å². The van der Waals surface area contributed by atoms with Gasteiger partial charge < -0.3 is 5.32 Å². The summed E-state index contributed by atoms with van der Waals surface area (Å²) in [5.41, 5.74) is 2.30. The predicted molar refractivity (Wildman–Crippen MR) is 95.1 cm³/mol. The molecule has 0 aromatic carbocycles. The van der Waals surface area contributed by atoms with Gasteiger partial charge in [-0.25, -0.2) is 9.97 Å². The molecule has 1 aromatic heterocycles. The quantitative estimate of drug-likeness (QED) is 0.906. The minimum absolute atomic E-state index is 0.112. The summed E-state index contributed by atoms with van der Waals surface area (Å²) in [4.78, 5) is 9.58. The van der Waals surface area contributed by atoms with Crippen LogP contribution in [0.2, 0.25) is 0 Å². The van der Waals surface area contributed by atoms with Crippen molar-refractivity contribution in [1.82, 2.24) is 15.3 Å². The molecule has 0 amide bonds. The lowest BCUT2D eigenvalue weighted by Crippen LogP contribution is -2.35. The molecule has 0 radical (unpaired) electrons. The van der Waals surface area contributed by atoms with Gasteiger partial charge in [0.15, 0.2) is 0 Å². The summed E-state index contributed by atoms with van der Waals surface area (Å²) in [6, 6.07) is 2.10. The molecule has 118 valence electrons. The SMILES string of the molecule is CCC1SCCSC1c1nc(C)cc(CNC(C)(C)C)n1. The van der Waals surface area contributed by atoms with Gasteiger partial charge in [0.1, 0.15) is 5.82 Å². The van der Waals surface area contributed by atoms with Gasteiger partial charge in [-0.3, -0.25) is 0 Å². The first-order chi connectivity index (χ1) is 9.89. The van der Waals surface area contributed by atoms with Gasteiger partial charge in [0.25, 0.3) is 0 Å². The van der Waals surface area contributed by atoms with Crippen LogP contribution in [0.25, 0.3) is 0 Å². The second-order valence-corrected chi connectivity index (χ2v) is 9.17. The van der Waals surface area contributed by atoms with E-state index in [1.54, 1.807) is 0 Å². The fourth-order valence-corrected chi connectivity index (χ4v) is 5.37. The van der Waals surface area contributed by atoms with E-state index in [1.165, 1.54) is 17.9 Å². The van der Waals surface area contributed by atoms with E-state index in [9.17, 15) is 0 Å². The number of aromatic nitrogens is 2. The van der Waals surface area contributed by atoms with Crippen molar-refractivity contribution in [3.05, 3.63) is 23.3 Å². The number of thioether (sulfide) groups is 2. The Morgan fingerprint density at radius 3 is 2.62 bits per heavy atom. The van der Waals surface area contributed by atoms with E-state index in [0.717, 1.165) is 23.8 Å². The molecule has 2 rings (SSSR count). The molecule has 3 nitrogen and oxygen atoms in total. The first-order valence-electron chi connectivity index (χ1n) is 7.72. The minimum Gasteiger partial charge on any atom is -0.306 e. The maximum absolute atomic E-state index is 4.85. The Bertz CT molecular complexity index is 471. The number of nitrogens with one attached hydrogen (secondary N) is 1. The second kappa shape index (κ2) is 7.34. The normalized spacial score (nSPS) is 23.3. The Hall–Kier alpha value is -0.260. The highest BCUT2D eigenvalue weighted by Gasteiger charge is 2.29. The molecule has 2 atom stereocenters. The van der Waals surface area contributed by atoms with Crippen LogP contribution in [0.15, 0.2) is 6.07 Å². The zero-order valence-electron chi connectivity index (χ0n) is 13.8. The number of aryl methyl sites for hydroxylation is 1. The third kappa shape index (κ3) is 5.15. The van der Waals surface area contributed by atoms with Crippen molar-refractivity contribution >= 4 is 23.5 Å². The van der Waals surface area contributed by atoms with Crippen molar-refractivity contribution in [2.45, 2.75) is 63.6 Å². The third-order valence-corrected chi connectivity index (χ3v) is 6.67. The van der Waals surface area contributed by atoms with Crippen LogP contribution < -0.4 is 5.32 Å². The molecule has 5 heteroatoms. The Morgan fingerprint density at radius 1 is 1.24 bits per heavy atom. The fraction of sp³-hybridized carbons (Fsp3) is 0.750. The first-order valence-corrected chi connectivity index (χ1v) is 9.81. The smallest absolute Gasteiger partial charge is 0.142 e. The van der Waals surface area contributed by atoms with Gasteiger partial charge in [-0.05, 0) is 40.2 Å². The molecule has 1 aromatic rings. The van der Waals surface area contributed by atoms with Gasteiger partial charge in [0, 0.05) is 34.5 Å². The molecule has 2 unspecified atom stereocenters. The van der Waals surface area contributed by atoms with Gasteiger partial charge in [-0.1, -0.05) is 6.92 Å². The Morgan fingerprint density at radius 2 is 1.95 bits per heavy atom. The van der Waals surface area contributed by atoms with Crippen LogP contribution in [0, 0.1) is 6.92 Å². The van der Waals surface area contributed by atoms with Crippen molar-refractivity contribution in [2.75, 3.05) is 11.5 Å². The van der Waals surface area contributed by atoms with Crippen molar-refractivity contribution in [3.63, 3.8) is 0 Å². The average Bonchev–Trinajstić information content (AvgIpc) is 2.44. The highest BCUT2D eigenvalue weighted by Crippen LogP contribution is 2.42. The van der Waals surface area contributed by atoms with Crippen molar-refractivity contribution in [1.29, 1.82) is 0 Å². The largest absolute Gasteiger partial charge is 0.306 e. The second-order valence-electron chi connectivity index (χ2n) is 6.57. The van der Waals surface area contributed by atoms with Gasteiger partial charge in [-0.2, -0.15) is 11.8 Å². The van der Waals surface area contributed by atoms with E-state index in [2.05, 4.69) is 57.8 Å². The number of hydrogen-bond donors (Lipinski definition) is 1. The molecule has 1 saturated heterocycles. The monoisotopic (exact) mass is 325 g/mol. The van der Waals surface area contributed by atoms with Crippen LogP contribution in [0.3, 0.4) is 0 Å². The minimum atomic E-state index is 0.112. The highest BCUT2D eigenvalue weighted by molar-refractivity contribution is 8.06. The van der Waals surface area contributed by atoms with E-state index in [0.29, 0.717) is 10.5 Å². The summed E-state index contributed by atoms with van der Waals surface area (Å²) >= 11 is 4.10. The standard InChI is InChI=1S/C16H27N3S2/c1-6-13-14(21-8-7-20-13)15-18-11(2)9-12(19-15)10-17-16(3,4)5/h9,13-14,17H,6-8,10H2,1-5H3. The van der Waals surface area contributed by atoms with Gasteiger partial charge in [0.2, 0.25) is 0 Å². The number of rotatable bonds is 4. The average molecular weight is 326 g/mol. The van der Waals surface area contributed by atoms with Gasteiger partial charge in [0.05, 0.1) is 10.9 Å². The fourth-order valence-electron chi connectivity index (χ4n) is 2.37. The first kappa shape index (κ1) is 17.1. The molecule has 1 fully saturated rings. The molecular weight excluding hydrogens is 298 g/mol. The van der Waals surface area contributed by atoms with Gasteiger partial charge >= 0.3 is 0 Å². The summed E-state index contributed by atoms with van der Waals surface area (Å²) < 4.78 is 0. The van der Waals surface area contributed by atoms with Crippen molar-refractivity contribution < 1.29 is 0 Å². The molecule has 1 aliphatic heterocycles. The summed E-state index contributed by atoms with van der Waals surface area (Å²) in [6.07, 6.45) is 1.19. The van der Waals surface area contributed by atoms with Crippen LogP contribution in [0.4, 0.5) is 0 Å². The van der Waals surface area contributed by atoms with E-state index in [1.807, 2.05) is 11.8 Å². The summed E-state index contributed by atoms with van der Waals surface area (Å²) in [7, 11) is 0. The van der Waals surface area contributed by atoms with Crippen LogP contribution >= 0.6 is 23.5 Å². The molecule has 0 bridgehead atoms. The zero-order chi connectivity index (χ0) is 15.5. The third-order valence-electron chi connectivity index (χ3n) is 3.43. The maximum Gasteiger partial charge on any atom is 0.142 e. The van der Waals surface area contributed by atoms with E-state index >= 15 is 0 Å². The predicted octanol–water partition coefficient (Wildman–Crippen LogP) is 3.97. The number of hydrogen-bond acceptors (Lipinski definition) is 5. The van der Waals surface area contributed by atoms with Crippen LogP contribution in [0.5, 0.6) is 0 Å². The van der Waals surface area contributed by atoms with E-state index in [-0.39, 0.29) is 5.54 Å². The van der Waals surface area contributed by atoms with Crippen LogP contribution in [-0.4, -0.2) is 32.3 Å². The summed E-state index contributed by atoms with van der Waals surface area (Å²) in [5.74, 6) is 3.49. The molecule has 1 N–H and O–H groups in total. The molecule has 0 aliphatic carbocycles. The Kier molecular flexibility index (Phi) is 5.97. The van der Waals surface area contributed by atoms with Crippen molar-refractivity contribution in [2.24, 2.45) is 0 Å². The highest BCUT2D eigenvalue weighted by atomic mass is 32.2. The molecule has 0 saturated carbocycles. The summed E-state index contributed by atoms with van der Waals surface area (Å²) in [5, 5.41) is 4.61. The summed E-state index contributed by atoms with van der Waals surface area (Å²) in [6.45, 7) is 11.7. The topological polar surface area (TPSA) is 37.8 Å². The molecular formula is C16H27N3S2.